The van der Waals surface area contributed by atoms with Crippen LogP contribution in [0.25, 0.3) is 0 Å². The lowest BCUT2D eigenvalue weighted by Crippen LogP contribution is -2.46. The zero-order valence-electron chi connectivity index (χ0n) is 9.44. The normalized spacial score (nSPS) is 9.06. The van der Waals surface area contributed by atoms with E-state index in [1.807, 2.05) is 0 Å². The first-order chi connectivity index (χ1) is 8.15. The number of rotatable bonds is 2. The molecule has 0 aromatic heterocycles. The van der Waals surface area contributed by atoms with Crippen LogP contribution in [0.5, 0.6) is 11.5 Å². The second-order valence-corrected chi connectivity index (χ2v) is 3.30. The summed E-state index contributed by atoms with van der Waals surface area (Å²) in [5.74, 6) is 1.09. The molecule has 0 aliphatic carbocycles. The molecule has 0 fully saturated rings. The molecular formula is C10H13N3O3S. The van der Waals surface area contributed by atoms with E-state index in [1.165, 1.54) is 0 Å². The van der Waals surface area contributed by atoms with Gasteiger partial charge in [0.05, 0.1) is 7.11 Å². The molecule has 1 aromatic rings. The van der Waals surface area contributed by atoms with Gasteiger partial charge < -0.3 is 14.8 Å². The van der Waals surface area contributed by atoms with E-state index in [0.29, 0.717) is 11.5 Å². The summed E-state index contributed by atoms with van der Waals surface area (Å²) in [6.45, 7) is 0. The number of benzene rings is 1. The highest BCUT2D eigenvalue weighted by molar-refractivity contribution is 7.80. The Labute approximate surface area is 104 Å². The molecule has 92 valence electrons. The van der Waals surface area contributed by atoms with Gasteiger partial charge in [0, 0.05) is 7.05 Å². The van der Waals surface area contributed by atoms with Gasteiger partial charge in [-0.25, -0.2) is 10.2 Å². The summed E-state index contributed by atoms with van der Waals surface area (Å²) in [6, 6.07) is 6.62. The van der Waals surface area contributed by atoms with Crippen LogP contribution in [0.3, 0.4) is 0 Å². The summed E-state index contributed by atoms with van der Waals surface area (Å²) < 4.78 is 9.93. The van der Waals surface area contributed by atoms with Crippen LogP contribution in [0.1, 0.15) is 0 Å². The highest BCUT2D eigenvalue weighted by Gasteiger charge is 2.04. The third-order valence-corrected chi connectivity index (χ3v) is 2.08. The Balaban J connectivity index is 2.42. The van der Waals surface area contributed by atoms with Crippen molar-refractivity contribution in [2.24, 2.45) is 0 Å². The first-order valence-electron chi connectivity index (χ1n) is 4.75. The van der Waals surface area contributed by atoms with E-state index in [2.05, 4.69) is 16.2 Å². The Morgan fingerprint density at radius 2 is 1.76 bits per heavy atom. The van der Waals surface area contributed by atoms with Crippen LogP contribution in [0.4, 0.5) is 4.79 Å². The second-order valence-electron chi connectivity index (χ2n) is 2.89. The van der Waals surface area contributed by atoms with Gasteiger partial charge in [0.2, 0.25) is 0 Å². The molecule has 0 aliphatic heterocycles. The minimum atomic E-state index is -0.659. The predicted molar refractivity (Wildman–Crippen MR) is 66.9 cm³/mol. The topological polar surface area (TPSA) is 71.6 Å². The van der Waals surface area contributed by atoms with Crippen molar-refractivity contribution in [3.8, 4) is 11.5 Å². The van der Waals surface area contributed by atoms with Gasteiger partial charge in [-0.3, -0.25) is 5.43 Å². The van der Waals surface area contributed by atoms with Crippen molar-refractivity contribution >= 4 is 23.4 Å². The summed E-state index contributed by atoms with van der Waals surface area (Å²) >= 11 is 4.76. The van der Waals surface area contributed by atoms with Gasteiger partial charge in [-0.2, -0.15) is 0 Å². The summed E-state index contributed by atoms with van der Waals surface area (Å²) in [6.07, 6.45) is -0.659. The van der Waals surface area contributed by atoms with E-state index in [4.69, 9.17) is 21.7 Å². The molecule has 17 heavy (non-hydrogen) atoms. The predicted octanol–water partition coefficient (Wildman–Crippen LogP) is 0.792. The second kappa shape index (κ2) is 6.54. The Hall–Kier alpha value is -2.02. The SMILES string of the molecule is CNC(=S)NNC(=O)Oc1ccc(OC)cc1. The lowest BCUT2D eigenvalue weighted by molar-refractivity contribution is 0.198. The van der Waals surface area contributed by atoms with Gasteiger partial charge in [-0.1, -0.05) is 0 Å². The Kier molecular flexibility index (Phi) is 5.02. The number of ether oxygens (including phenoxy) is 2. The summed E-state index contributed by atoms with van der Waals surface area (Å²) in [5.41, 5.74) is 4.71. The van der Waals surface area contributed by atoms with Gasteiger partial charge in [0.25, 0.3) is 0 Å². The molecule has 1 aromatic carbocycles. The van der Waals surface area contributed by atoms with E-state index in [0.717, 1.165) is 0 Å². The Morgan fingerprint density at radius 3 is 2.29 bits per heavy atom. The smallest absolute Gasteiger partial charge is 0.431 e. The fraction of sp³-hybridized carbons (Fsp3) is 0.200. The third kappa shape index (κ3) is 4.56. The van der Waals surface area contributed by atoms with Crippen molar-refractivity contribution in [3.63, 3.8) is 0 Å². The average Bonchev–Trinajstić information content (AvgIpc) is 2.36. The maximum Gasteiger partial charge on any atom is 0.431 e. The van der Waals surface area contributed by atoms with Gasteiger partial charge in [-0.15, -0.1) is 0 Å². The molecule has 0 aliphatic rings. The van der Waals surface area contributed by atoms with Gasteiger partial charge in [-0.05, 0) is 36.5 Å². The zero-order chi connectivity index (χ0) is 12.7. The van der Waals surface area contributed by atoms with Crippen molar-refractivity contribution in [1.29, 1.82) is 0 Å². The van der Waals surface area contributed by atoms with Crippen molar-refractivity contribution in [2.45, 2.75) is 0 Å². The number of hydrogen-bond acceptors (Lipinski definition) is 4. The van der Waals surface area contributed by atoms with Crippen LogP contribution >= 0.6 is 12.2 Å². The van der Waals surface area contributed by atoms with E-state index in [1.54, 1.807) is 38.4 Å². The molecule has 6 nitrogen and oxygen atoms in total. The lowest BCUT2D eigenvalue weighted by atomic mass is 10.3. The number of thiocarbonyl (C=S) groups is 1. The van der Waals surface area contributed by atoms with Crippen LogP contribution in [0.15, 0.2) is 24.3 Å². The van der Waals surface area contributed by atoms with Crippen LogP contribution in [-0.4, -0.2) is 25.4 Å². The minimum Gasteiger partial charge on any atom is -0.497 e. The molecule has 0 spiro atoms. The van der Waals surface area contributed by atoms with Crippen LogP contribution < -0.4 is 25.6 Å². The molecule has 0 heterocycles. The van der Waals surface area contributed by atoms with Crippen LogP contribution in [0, 0.1) is 0 Å². The first kappa shape index (κ1) is 13.0. The van der Waals surface area contributed by atoms with Crippen LogP contribution in [-0.2, 0) is 0 Å². The number of carbonyl (C=O) groups excluding carboxylic acids is 1. The highest BCUT2D eigenvalue weighted by atomic mass is 32.1. The van der Waals surface area contributed by atoms with Crippen molar-refractivity contribution in [2.75, 3.05) is 14.2 Å². The standard InChI is InChI=1S/C10H13N3O3S/c1-11-9(17)12-13-10(14)16-8-5-3-7(15-2)4-6-8/h3-6H,1-2H3,(H,13,14)(H2,11,12,17). The summed E-state index contributed by atoms with van der Waals surface area (Å²) in [5, 5.41) is 2.92. The number of methoxy groups -OCH3 is 1. The molecule has 0 unspecified atom stereocenters. The zero-order valence-corrected chi connectivity index (χ0v) is 10.3. The van der Waals surface area contributed by atoms with E-state index in [-0.39, 0.29) is 5.11 Å². The largest absolute Gasteiger partial charge is 0.497 e. The highest BCUT2D eigenvalue weighted by Crippen LogP contribution is 2.16. The maximum absolute atomic E-state index is 11.3. The first-order valence-corrected chi connectivity index (χ1v) is 5.16. The van der Waals surface area contributed by atoms with E-state index >= 15 is 0 Å². The number of hydrogen-bond donors (Lipinski definition) is 3. The lowest BCUT2D eigenvalue weighted by Gasteiger charge is -2.09. The van der Waals surface area contributed by atoms with Crippen molar-refractivity contribution in [1.82, 2.24) is 16.2 Å². The van der Waals surface area contributed by atoms with Crippen molar-refractivity contribution in [3.05, 3.63) is 24.3 Å². The van der Waals surface area contributed by atoms with E-state index in [9.17, 15) is 4.79 Å². The molecule has 0 saturated carbocycles. The molecular weight excluding hydrogens is 242 g/mol. The third-order valence-electron chi connectivity index (χ3n) is 1.78. The van der Waals surface area contributed by atoms with Gasteiger partial charge >= 0.3 is 6.09 Å². The number of carbonyl (C=O) groups is 1. The number of hydrazine groups is 1. The minimum absolute atomic E-state index is 0.289. The van der Waals surface area contributed by atoms with Crippen molar-refractivity contribution < 1.29 is 14.3 Å². The molecule has 0 bridgehead atoms. The summed E-state index contributed by atoms with van der Waals surface area (Å²) in [7, 11) is 3.19. The molecule has 0 radical (unpaired) electrons. The maximum atomic E-state index is 11.3. The molecule has 7 heteroatoms. The molecule has 0 atom stereocenters. The fourth-order valence-electron chi connectivity index (χ4n) is 0.947. The number of amides is 1. The molecule has 1 rings (SSSR count). The Morgan fingerprint density at radius 1 is 1.18 bits per heavy atom. The number of nitrogens with one attached hydrogen (secondary N) is 3. The quantitative estimate of drug-likeness (QED) is 0.536. The monoisotopic (exact) mass is 255 g/mol. The molecule has 3 N–H and O–H groups in total. The fourth-order valence-corrected chi connectivity index (χ4v) is 0.998. The Bertz CT molecular complexity index is 394. The average molecular weight is 255 g/mol. The molecule has 1 amide bonds. The van der Waals surface area contributed by atoms with Gasteiger partial charge in [0.1, 0.15) is 11.5 Å². The summed E-state index contributed by atoms with van der Waals surface area (Å²) in [4.78, 5) is 11.3. The van der Waals surface area contributed by atoms with Crippen LogP contribution in [0.2, 0.25) is 0 Å². The van der Waals surface area contributed by atoms with E-state index < -0.39 is 6.09 Å². The van der Waals surface area contributed by atoms with Gasteiger partial charge in [0.15, 0.2) is 5.11 Å². The molecule has 0 saturated heterocycles.